The Bertz CT molecular complexity index is 1080. The minimum atomic E-state index is -0.0295. The number of rotatable bonds is 3. The summed E-state index contributed by atoms with van der Waals surface area (Å²) in [6, 6.07) is 5.67. The summed E-state index contributed by atoms with van der Waals surface area (Å²) in [6.07, 6.45) is 4.56. The molecule has 0 spiro atoms. The van der Waals surface area contributed by atoms with Gasteiger partial charge in [0.15, 0.2) is 0 Å². The van der Waals surface area contributed by atoms with Gasteiger partial charge in [-0.1, -0.05) is 26.8 Å². The first-order valence-electron chi connectivity index (χ1n) is 9.49. The van der Waals surface area contributed by atoms with E-state index in [4.69, 9.17) is 0 Å². The van der Waals surface area contributed by atoms with Crippen LogP contribution in [0, 0.1) is 5.41 Å². The highest BCUT2D eigenvalue weighted by Gasteiger charge is 2.28. The van der Waals surface area contributed by atoms with E-state index in [0.717, 1.165) is 21.0 Å². The van der Waals surface area contributed by atoms with Crippen LogP contribution in [0.2, 0.25) is 0 Å². The van der Waals surface area contributed by atoms with E-state index in [1.807, 2.05) is 23.1 Å². The fraction of sp³-hybridized carbons (Fsp3) is 0.429. The molecule has 1 amide bonds. The molecule has 28 heavy (non-hydrogen) atoms. The maximum atomic E-state index is 13.1. The summed E-state index contributed by atoms with van der Waals surface area (Å²) in [5.74, 6) is 0.177. The lowest BCUT2D eigenvalue weighted by molar-refractivity contribution is -0.133. The van der Waals surface area contributed by atoms with Crippen molar-refractivity contribution < 1.29 is 4.79 Å². The van der Waals surface area contributed by atoms with Gasteiger partial charge in [-0.05, 0) is 29.5 Å². The van der Waals surface area contributed by atoms with Crippen LogP contribution in [-0.2, 0) is 24.3 Å². The average Bonchev–Trinajstić information content (AvgIpc) is 3.02. The molecule has 0 atom stereocenters. The second-order valence-corrected chi connectivity index (χ2v) is 9.57. The average molecular weight is 397 g/mol. The molecule has 1 aliphatic rings. The molecular weight excluding hydrogens is 372 g/mol. The van der Waals surface area contributed by atoms with Crippen molar-refractivity contribution in [3.05, 3.63) is 57.2 Å². The predicted molar refractivity (Wildman–Crippen MR) is 110 cm³/mol. The predicted octanol–water partition coefficient (Wildman–Crippen LogP) is 3.22. The van der Waals surface area contributed by atoms with E-state index < -0.39 is 0 Å². The van der Waals surface area contributed by atoms with Gasteiger partial charge in [-0.25, -0.2) is 4.98 Å². The smallest absolute Gasteiger partial charge is 0.262 e. The summed E-state index contributed by atoms with van der Waals surface area (Å²) < 4.78 is 1.62. The highest BCUT2D eigenvalue weighted by atomic mass is 32.1. The monoisotopic (exact) mass is 396 g/mol. The number of fused-ring (bicyclic) bond motifs is 3. The SMILES string of the molecule is CC(C)(C)CC(=O)N1CCc2c(sc3ncn(Cc4ccccn4)c(=O)c23)C1. The molecule has 0 saturated carbocycles. The van der Waals surface area contributed by atoms with Gasteiger partial charge < -0.3 is 4.90 Å². The van der Waals surface area contributed by atoms with Gasteiger partial charge in [0.05, 0.1) is 30.5 Å². The van der Waals surface area contributed by atoms with Crippen molar-refractivity contribution in [2.45, 2.75) is 46.7 Å². The van der Waals surface area contributed by atoms with Crippen molar-refractivity contribution in [1.29, 1.82) is 0 Å². The summed E-state index contributed by atoms with van der Waals surface area (Å²) in [5.41, 5.74) is 1.84. The van der Waals surface area contributed by atoms with Crippen LogP contribution in [0.1, 0.15) is 43.3 Å². The molecule has 0 fully saturated rings. The maximum Gasteiger partial charge on any atom is 0.262 e. The van der Waals surface area contributed by atoms with Crippen molar-refractivity contribution in [2.24, 2.45) is 5.41 Å². The van der Waals surface area contributed by atoms with Crippen LogP contribution in [0.4, 0.5) is 0 Å². The third-order valence-electron chi connectivity index (χ3n) is 4.92. The molecule has 0 aromatic carbocycles. The van der Waals surface area contributed by atoms with Gasteiger partial charge >= 0.3 is 0 Å². The van der Waals surface area contributed by atoms with E-state index in [9.17, 15) is 9.59 Å². The number of carbonyl (C=O) groups excluding carboxylic acids is 1. The maximum absolute atomic E-state index is 13.1. The van der Waals surface area contributed by atoms with Gasteiger partial charge in [-0.3, -0.25) is 19.1 Å². The summed E-state index contributed by atoms with van der Waals surface area (Å²) in [7, 11) is 0. The topological polar surface area (TPSA) is 68.1 Å². The molecule has 0 radical (unpaired) electrons. The second-order valence-electron chi connectivity index (χ2n) is 8.49. The third-order valence-corrected chi connectivity index (χ3v) is 6.04. The molecule has 0 saturated heterocycles. The fourth-order valence-electron chi connectivity index (χ4n) is 3.58. The standard InChI is InChI=1S/C21H24N4O2S/c1-21(2,3)10-17(26)24-9-7-15-16(12-24)28-19-18(15)20(27)25(13-23-19)11-14-6-4-5-8-22-14/h4-6,8,13H,7,9-12H2,1-3H3. The quantitative estimate of drug-likeness (QED) is 0.682. The Kier molecular flexibility index (Phi) is 4.79. The van der Waals surface area contributed by atoms with Gasteiger partial charge in [0, 0.05) is 24.0 Å². The number of thiophene rings is 1. The largest absolute Gasteiger partial charge is 0.337 e. The van der Waals surface area contributed by atoms with Gasteiger partial charge in [0.25, 0.3) is 5.56 Å². The summed E-state index contributed by atoms with van der Waals surface area (Å²) >= 11 is 1.53. The van der Waals surface area contributed by atoms with E-state index in [-0.39, 0.29) is 16.9 Å². The van der Waals surface area contributed by atoms with Crippen LogP contribution in [0.15, 0.2) is 35.5 Å². The lowest BCUT2D eigenvalue weighted by Crippen LogP contribution is -2.37. The highest BCUT2D eigenvalue weighted by Crippen LogP contribution is 2.33. The Morgan fingerprint density at radius 3 is 2.79 bits per heavy atom. The zero-order valence-electron chi connectivity index (χ0n) is 16.4. The minimum absolute atomic E-state index is 0.0254. The molecule has 146 valence electrons. The first kappa shape index (κ1) is 18.8. The van der Waals surface area contributed by atoms with E-state index in [1.54, 1.807) is 17.1 Å². The fourth-order valence-corrected chi connectivity index (χ4v) is 4.77. The number of carbonyl (C=O) groups is 1. The van der Waals surface area contributed by atoms with Gasteiger partial charge in [0.2, 0.25) is 5.91 Å². The number of aromatic nitrogens is 3. The molecule has 4 heterocycles. The Hall–Kier alpha value is -2.54. The lowest BCUT2D eigenvalue weighted by atomic mass is 9.91. The molecule has 7 heteroatoms. The number of amides is 1. The summed E-state index contributed by atoms with van der Waals surface area (Å²) in [4.78, 5) is 38.3. The Labute approximate surface area is 167 Å². The summed E-state index contributed by atoms with van der Waals surface area (Å²) in [5, 5.41) is 0.710. The van der Waals surface area contributed by atoms with Gasteiger partial charge in [-0.15, -0.1) is 11.3 Å². The van der Waals surface area contributed by atoms with Crippen molar-refractivity contribution >= 4 is 27.5 Å². The molecule has 1 aliphatic heterocycles. The van der Waals surface area contributed by atoms with Gasteiger partial charge in [-0.2, -0.15) is 0 Å². The highest BCUT2D eigenvalue weighted by molar-refractivity contribution is 7.18. The zero-order valence-corrected chi connectivity index (χ0v) is 17.3. The lowest BCUT2D eigenvalue weighted by Gasteiger charge is -2.29. The normalized spacial score (nSPS) is 14.3. The van der Waals surface area contributed by atoms with Crippen molar-refractivity contribution in [3.63, 3.8) is 0 Å². The number of hydrogen-bond acceptors (Lipinski definition) is 5. The van der Waals surface area contributed by atoms with Crippen molar-refractivity contribution in [2.75, 3.05) is 6.54 Å². The van der Waals surface area contributed by atoms with Crippen LogP contribution in [-0.4, -0.2) is 31.9 Å². The first-order chi connectivity index (χ1) is 13.3. The van der Waals surface area contributed by atoms with Crippen LogP contribution in [0.3, 0.4) is 0 Å². The van der Waals surface area contributed by atoms with Crippen molar-refractivity contribution in [3.8, 4) is 0 Å². The summed E-state index contributed by atoms with van der Waals surface area (Å²) in [6.45, 7) is 7.87. The van der Waals surface area contributed by atoms with Gasteiger partial charge in [0.1, 0.15) is 4.83 Å². The molecule has 0 aliphatic carbocycles. The molecule has 3 aromatic heterocycles. The minimum Gasteiger partial charge on any atom is -0.337 e. The Morgan fingerprint density at radius 2 is 2.07 bits per heavy atom. The third kappa shape index (κ3) is 3.71. The Morgan fingerprint density at radius 1 is 1.25 bits per heavy atom. The molecule has 6 nitrogen and oxygen atoms in total. The number of hydrogen-bond donors (Lipinski definition) is 0. The van der Waals surface area contributed by atoms with Crippen LogP contribution < -0.4 is 5.56 Å². The van der Waals surface area contributed by atoms with E-state index in [2.05, 4.69) is 30.7 Å². The second kappa shape index (κ2) is 7.13. The van der Waals surface area contributed by atoms with E-state index >= 15 is 0 Å². The molecule has 0 bridgehead atoms. The molecule has 4 rings (SSSR count). The number of pyridine rings is 1. The molecular formula is C21H24N4O2S. The van der Waals surface area contributed by atoms with E-state index in [1.165, 1.54) is 11.3 Å². The zero-order chi connectivity index (χ0) is 19.9. The van der Waals surface area contributed by atoms with Crippen LogP contribution in [0.25, 0.3) is 10.2 Å². The van der Waals surface area contributed by atoms with Crippen LogP contribution in [0.5, 0.6) is 0 Å². The van der Waals surface area contributed by atoms with E-state index in [0.29, 0.717) is 37.9 Å². The molecule has 3 aromatic rings. The molecule has 0 N–H and O–H groups in total. The molecule has 0 unspecified atom stereocenters. The number of nitrogens with zero attached hydrogens (tertiary/aromatic N) is 4. The van der Waals surface area contributed by atoms with Crippen LogP contribution >= 0.6 is 11.3 Å². The van der Waals surface area contributed by atoms with Crippen molar-refractivity contribution in [1.82, 2.24) is 19.4 Å². The Balaban J connectivity index is 1.64. The first-order valence-corrected chi connectivity index (χ1v) is 10.3.